The zero-order chi connectivity index (χ0) is 18.1. The fourth-order valence-corrected chi connectivity index (χ4v) is 3.71. The molecule has 0 radical (unpaired) electrons. The lowest BCUT2D eigenvalue weighted by molar-refractivity contribution is 0.0307. The lowest BCUT2D eigenvalue weighted by Gasteiger charge is -2.26. The van der Waals surface area contributed by atoms with Crippen LogP contribution in [0.1, 0.15) is 15.2 Å². The number of fused-ring (bicyclic) bond motifs is 1. The lowest BCUT2D eigenvalue weighted by Crippen LogP contribution is -2.40. The van der Waals surface area contributed by atoms with Crippen LogP contribution in [-0.2, 0) is 11.3 Å². The topological polar surface area (TPSA) is 97.3 Å². The van der Waals surface area contributed by atoms with E-state index in [4.69, 9.17) is 4.74 Å². The molecule has 26 heavy (non-hydrogen) atoms. The number of hydrogen-bond donors (Lipinski definition) is 1. The first-order chi connectivity index (χ1) is 12.6. The van der Waals surface area contributed by atoms with Crippen molar-refractivity contribution < 1.29 is 9.53 Å². The van der Waals surface area contributed by atoms with Crippen LogP contribution < -0.4 is 11.2 Å². The Hall–Kier alpha value is -2.78. The molecule has 0 saturated carbocycles. The average Bonchev–Trinajstić information content (AvgIpc) is 3.10. The van der Waals surface area contributed by atoms with E-state index in [1.54, 1.807) is 4.90 Å². The van der Waals surface area contributed by atoms with Gasteiger partial charge in [-0.15, -0.1) is 0 Å². The summed E-state index contributed by atoms with van der Waals surface area (Å²) in [6, 6.07) is 9.22. The molecule has 1 amide bonds. The summed E-state index contributed by atoms with van der Waals surface area (Å²) in [6.45, 7) is 2.06. The Morgan fingerprint density at radius 3 is 2.65 bits per heavy atom. The molecule has 0 bridgehead atoms. The van der Waals surface area contributed by atoms with E-state index in [-0.39, 0.29) is 28.4 Å². The van der Waals surface area contributed by atoms with Gasteiger partial charge in [-0.1, -0.05) is 30.3 Å². The van der Waals surface area contributed by atoms with Gasteiger partial charge in [-0.05, 0) is 17.1 Å². The van der Waals surface area contributed by atoms with Crippen molar-refractivity contribution in [3.8, 4) is 0 Å². The predicted molar refractivity (Wildman–Crippen MR) is 96.8 cm³/mol. The van der Waals surface area contributed by atoms with Gasteiger partial charge in [0.1, 0.15) is 4.88 Å². The van der Waals surface area contributed by atoms with Crippen molar-refractivity contribution in [2.75, 3.05) is 26.3 Å². The number of aromatic nitrogens is 3. The third-order valence-electron chi connectivity index (χ3n) is 4.29. The maximum Gasteiger partial charge on any atom is 0.329 e. The molecule has 1 aliphatic heterocycles. The van der Waals surface area contributed by atoms with E-state index in [9.17, 15) is 14.4 Å². The van der Waals surface area contributed by atoms with E-state index < -0.39 is 11.2 Å². The van der Waals surface area contributed by atoms with E-state index in [2.05, 4.69) is 9.36 Å². The Balaban J connectivity index is 1.75. The van der Waals surface area contributed by atoms with Gasteiger partial charge in [-0.2, -0.15) is 4.37 Å². The molecule has 3 aromatic rings. The zero-order valence-electron chi connectivity index (χ0n) is 13.8. The molecule has 1 saturated heterocycles. The minimum atomic E-state index is -0.553. The smallest absolute Gasteiger partial charge is 0.329 e. The maximum absolute atomic E-state index is 12.7. The van der Waals surface area contributed by atoms with Gasteiger partial charge in [0, 0.05) is 13.1 Å². The molecular weight excluding hydrogens is 356 g/mol. The van der Waals surface area contributed by atoms with E-state index in [1.807, 2.05) is 30.3 Å². The van der Waals surface area contributed by atoms with Crippen molar-refractivity contribution in [1.29, 1.82) is 0 Å². The molecule has 1 fully saturated rings. The van der Waals surface area contributed by atoms with Gasteiger partial charge in [0.15, 0.2) is 5.52 Å². The number of carbonyl (C=O) groups is 1. The molecule has 3 heterocycles. The number of benzene rings is 1. The number of H-pyrrole nitrogens is 1. The first kappa shape index (κ1) is 16.7. The number of nitrogens with zero attached hydrogens (tertiary/aromatic N) is 3. The summed E-state index contributed by atoms with van der Waals surface area (Å²) in [6.07, 6.45) is 0. The van der Waals surface area contributed by atoms with Crippen LogP contribution in [0.4, 0.5) is 0 Å². The monoisotopic (exact) mass is 372 g/mol. The summed E-state index contributed by atoms with van der Waals surface area (Å²) in [7, 11) is 0. The number of amides is 1. The van der Waals surface area contributed by atoms with Crippen molar-refractivity contribution in [3.05, 3.63) is 61.6 Å². The third-order valence-corrected chi connectivity index (χ3v) is 5.13. The van der Waals surface area contributed by atoms with Gasteiger partial charge in [-0.25, -0.2) is 4.79 Å². The summed E-state index contributed by atoms with van der Waals surface area (Å²) in [5.41, 5.74) is 0.111. The van der Waals surface area contributed by atoms with Gasteiger partial charge in [0.25, 0.3) is 11.5 Å². The predicted octanol–water partition coefficient (Wildman–Crippen LogP) is 0.667. The highest BCUT2D eigenvalue weighted by Gasteiger charge is 2.25. The standard InChI is InChI=1S/C17H16N4O4S/c22-15-13-12(14(26-19-13)16(23)20-6-8-25-9-7-20)18-17(24)21(15)10-11-4-2-1-3-5-11/h1-5H,6-10H2,(H,18,24). The highest BCUT2D eigenvalue weighted by Crippen LogP contribution is 2.19. The van der Waals surface area contributed by atoms with E-state index in [0.29, 0.717) is 26.3 Å². The largest absolute Gasteiger partial charge is 0.378 e. The number of morpholine rings is 1. The molecule has 8 nitrogen and oxygen atoms in total. The normalized spacial score (nSPS) is 14.7. The second-order valence-electron chi connectivity index (χ2n) is 5.95. The Morgan fingerprint density at radius 2 is 1.92 bits per heavy atom. The minimum absolute atomic E-state index is 0.113. The van der Waals surface area contributed by atoms with E-state index >= 15 is 0 Å². The summed E-state index contributed by atoms with van der Waals surface area (Å²) in [4.78, 5) is 42.4. The summed E-state index contributed by atoms with van der Waals surface area (Å²) >= 11 is 0.937. The molecule has 0 aliphatic carbocycles. The van der Waals surface area contributed by atoms with Crippen LogP contribution >= 0.6 is 11.5 Å². The van der Waals surface area contributed by atoms with Crippen LogP contribution in [0.15, 0.2) is 39.9 Å². The highest BCUT2D eigenvalue weighted by molar-refractivity contribution is 7.09. The van der Waals surface area contributed by atoms with Crippen LogP contribution in [-0.4, -0.2) is 51.0 Å². The number of rotatable bonds is 3. The number of aromatic amines is 1. The molecule has 1 aliphatic rings. The average molecular weight is 372 g/mol. The molecule has 9 heteroatoms. The highest BCUT2D eigenvalue weighted by atomic mass is 32.1. The maximum atomic E-state index is 12.7. The van der Waals surface area contributed by atoms with Gasteiger partial charge < -0.3 is 14.6 Å². The molecule has 1 aromatic carbocycles. The summed E-state index contributed by atoms with van der Waals surface area (Å²) < 4.78 is 10.5. The quantitative estimate of drug-likeness (QED) is 0.729. The van der Waals surface area contributed by atoms with Crippen molar-refractivity contribution >= 4 is 28.5 Å². The molecule has 0 atom stereocenters. The number of nitrogens with one attached hydrogen (secondary N) is 1. The first-order valence-corrected chi connectivity index (χ1v) is 8.96. The van der Waals surface area contributed by atoms with E-state index in [1.165, 1.54) is 0 Å². The molecule has 0 unspecified atom stereocenters. The number of hydrogen-bond acceptors (Lipinski definition) is 6. The summed E-state index contributed by atoms with van der Waals surface area (Å²) in [5.74, 6) is -0.239. The fourth-order valence-electron chi connectivity index (χ4n) is 2.91. The minimum Gasteiger partial charge on any atom is -0.378 e. The molecule has 4 rings (SSSR count). The van der Waals surface area contributed by atoms with Crippen molar-refractivity contribution in [1.82, 2.24) is 18.8 Å². The van der Waals surface area contributed by atoms with Gasteiger partial charge in [0.05, 0.1) is 25.3 Å². The van der Waals surface area contributed by atoms with E-state index in [0.717, 1.165) is 21.7 Å². The lowest BCUT2D eigenvalue weighted by atomic mass is 10.2. The fraction of sp³-hybridized carbons (Fsp3) is 0.294. The van der Waals surface area contributed by atoms with Gasteiger partial charge >= 0.3 is 5.69 Å². The molecule has 0 spiro atoms. The Labute approximate surface area is 151 Å². The van der Waals surface area contributed by atoms with Crippen molar-refractivity contribution in [2.24, 2.45) is 0 Å². The summed E-state index contributed by atoms with van der Waals surface area (Å²) in [5, 5.41) is 0. The SMILES string of the molecule is O=C(c1snc2c(=O)n(Cc3ccccc3)c(=O)[nH]c12)N1CCOCC1. The molecule has 1 N–H and O–H groups in total. The first-order valence-electron chi connectivity index (χ1n) is 8.18. The van der Waals surface area contributed by atoms with Crippen LogP contribution in [0.2, 0.25) is 0 Å². The molecule has 2 aromatic heterocycles. The Bertz CT molecular complexity index is 1060. The second-order valence-corrected chi connectivity index (χ2v) is 6.72. The van der Waals surface area contributed by atoms with Crippen molar-refractivity contribution in [2.45, 2.75) is 6.54 Å². The molecular formula is C17H16N4O4S. The Morgan fingerprint density at radius 1 is 1.19 bits per heavy atom. The van der Waals surface area contributed by atoms with Crippen molar-refractivity contribution in [3.63, 3.8) is 0 Å². The van der Waals surface area contributed by atoms with Crippen LogP contribution in [0.5, 0.6) is 0 Å². The van der Waals surface area contributed by atoms with Crippen LogP contribution in [0, 0.1) is 0 Å². The van der Waals surface area contributed by atoms with Gasteiger partial charge in [0.2, 0.25) is 0 Å². The van der Waals surface area contributed by atoms with Crippen LogP contribution in [0.25, 0.3) is 11.0 Å². The second kappa shape index (κ2) is 6.85. The Kier molecular flexibility index (Phi) is 4.39. The van der Waals surface area contributed by atoms with Crippen LogP contribution in [0.3, 0.4) is 0 Å². The van der Waals surface area contributed by atoms with Gasteiger partial charge in [-0.3, -0.25) is 14.2 Å². The zero-order valence-corrected chi connectivity index (χ0v) is 14.6. The number of carbonyl (C=O) groups excluding carboxylic acids is 1. The third kappa shape index (κ3) is 2.95. The molecule has 134 valence electrons. The number of ether oxygens (including phenoxy) is 1.